The normalized spacial score (nSPS) is 12.9. The first kappa shape index (κ1) is 19.1. The third-order valence-electron chi connectivity index (χ3n) is 3.06. The Balaban J connectivity index is 3.29. The molecule has 0 spiro atoms. The monoisotopic (exact) mass is 346 g/mol. The van der Waals surface area contributed by atoms with Crippen molar-refractivity contribution < 1.29 is 45.7 Å². The van der Waals surface area contributed by atoms with E-state index < -0.39 is 35.7 Å². The summed E-state index contributed by atoms with van der Waals surface area (Å²) in [5.74, 6) is -1.82. The Bertz CT molecular complexity index is 565. The quantitative estimate of drug-likeness (QED) is 0.657. The average molecular weight is 346 g/mol. The minimum atomic E-state index is -6.08. The predicted octanol–water partition coefficient (Wildman–Crippen LogP) is 3.13. The second-order valence-corrected chi connectivity index (χ2v) is 4.52. The summed E-state index contributed by atoms with van der Waals surface area (Å²) >= 11 is 0. The summed E-state index contributed by atoms with van der Waals surface area (Å²) in [4.78, 5) is 11.9. The number of benzene rings is 1. The van der Waals surface area contributed by atoms with Crippen LogP contribution < -0.4 is 9.47 Å². The molecule has 0 atom stereocenters. The number of methoxy groups -OCH3 is 2. The number of carbonyl (C=O) groups excluding carboxylic acids is 1. The van der Waals surface area contributed by atoms with Gasteiger partial charge in [0, 0.05) is 0 Å². The minimum Gasteiger partial charge on any atom is -0.497 e. The first-order chi connectivity index (χ1) is 10.4. The zero-order valence-corrected chi connectivity index (χ0v) is 11.9. The van der Waals surface area contributed by atoms with Crippen LogP contribution in [0.25, 0.3) is 0 Å². The Morgan fingerprint density at radius 2 is 1.57 bits per heavy atom. The lowest BCUT2D eigenvalue weighted by molar-refractivity contribution is -0.365. The molecule has 1 aromatic rings. The standard InChI is InChI=1S/C13H12F6O4/c1-22-7-3-4-10(23-2)8(5-7)9(20)6-11(21,12(14,15)16)13(17,18)19/h3-5,21H,6H2,1-2H3. The van der Waals surface area contributed by atoms with Gasteiger partial charge in [0.1, 0.15) is 11.5 Å². The van der Waals surface area contributed by atoms with Crippen molar-refractivity contribution in [3.05, 3.63) is 23.8 Å². The number of aliphatic hydroxyl groups is 1. The number of hydrogen-bond acceptors (Lipinski definition) is 4. The summed E-state index contributed by atoms with van der Waals surface area (Å²) in [6.07, 6.45) is -14.4. The molecule has 0 aromatic heterocycles. The molecule has 0 fully saturated rings. The molecule has 0 unspecified atom stereocenters. The van der Waals surface area contributed by atoms with Gasteiger partial charge in [0.05, 0.1) is 26.2 Å². The molecule has 0 radical (unpaired) electrons. The first-order valence-electron chi connectivity index (χ1n) is 5.98. The zero-order valence-electron chi connectivity index (χ0n) is 11.9. The number of halogens is 6. The Morgan fingerprint density at radius 3 is 1.96 bits per heavy atom. The molecule has 0 amide bonds. The molecular weight excluding hydrogens is 334 g/mol. The molecule has 23 heavy (non-hydrogen) atoms. The van der Waals surface area contributed by atoms with E-state index in [1.807, 2.05) is 0 Å². The summed E-state index contributed by atoms with van der Waals surface area (Å²) < 4.78 is 85.2. The Morgan fingerprint density at radius 1 is 1.04 bits per heavy atom. The number of alkyl halides is 6. The van der Waals surface area contributed by atoms with Crippen molar-refractivity contribution in [3.8, 4) is 11.5 Å². The molecule has 130 valence electrons. The fourth-order valence-electron chi connectivity index (χ4n) is 1.72. The van der Waals surface area contributed by atoms with Crippen LogP contribution in [0.4, 0.5) is 26.3 Å². The molecule has 0 aliphatic heterocycles. The number of ether oxygens (including phenoxy) is 2. The van der Waals surface area contributed by atoms with Crippen LogP contribution in [-0.4, -0.2) is 43.1 Å². The maximum Gasteiger partial charge on any atom is 0.426 e. The summed E-state index contributed by atoms with van der Waals surface area (Å²) in [6.45, 7) is 0. The molecule has 1 aromatic carbocycles. The second-order valence-electron chi connectivity index (χ2n) is 4.52. The van der Waals surface area contributed by atoms with Crippen LogP contribution >= 0.6 is 0 Å². The topological polar surface area (TPSA) is 55.8 Å². The maximum atomic E-state index is 12.6. The van der Waals surface area contributed by atoms with Crippen LogP contribution in [0.5, 0.6) is 11.5 Å². The molecule has 0 aliphatic rings. The molecule has 0 bridgehead atoms. The number of rotatable bonds is 5. The van der Waals surface area contributed by atoms with E-state index in [0.717, 1.165) is 19.2 Å². The highest BCUT2D eigenvalue weighted by Crippen LogP contribution is 2.46. The van der Waals surface area contributed by atoms with E-state index in [-0.39, 0.29) is 11.5 Å². The van der Waals surface area contributed by atoms with Gasteiger partial charge in [-0.3, -0.25) is 4.79 Å². The van der Waals surface area contributed by atoms with E-state index in [9.17, 15) is 31.1 Å². The van der Waals surface area contributed by atoms with Crippen molar-refractivity contribution in [1.29, 1.82) is 0 Å². The van der Waals surface area contributed by atoms with E-state index in [1.165, 1.54) is 13.2 Å². The predicted molar refractivity (Wildman–Crippen MR) is 65.6 cm³/mol. The minimum absolute atomic E-state index is 0.0247. The lowest BCUT2D eigenvalue weighted by Crippen LogP contribution is -2.57. The SMILES string of the molecule is COc1ccc(OC)c(C(=O)CC(O)(C(F)(F)F)C(F)(F)F)c1. The highest BCUT2D eigenvalue weighted by Gasteiger charge is 2.70. The van der Waals surface area contributed by atoms with Crippen molar-refractivity contribution in [2.24, 2.45) is 0 Å². The Kier molecular flexibility index (Phi) is 5.20. The number of Topliss-reactive ketones (excluding diaryl/α,β-unsaturated/α-hetero) is 1. The van der Waals surface area contributed by atoms with Crippen molar-refractivity contribution in [2.75, 3.05) is 14.2 Å². The van der Waals surface area contributed by atoms with Gasteiger partial charge < -0.3 is 14.6 Å². The number of carbonyl (C=O) groups is 1. The van der Waals surface area contributed by atoms with Gasteiger partial charge in [-0.25, -0.2) is 0 Å². The van der Waals surface area contributed by atoms with Gasteiger partial charge in [0.2, 0.25) is 0 Å². The lowest BCUT2D eigenvalue weighted by atomic mass is 9.92. The van der Waals surface area contributed by atoms with Crippen LogP contribution in [0, 0.1) is 0 Å². The van der Waals surface area contributed by atoms with Crippen molar-refractivity contribution >= 4 is 5.78 Å². The number of hydrogen-bond donors (Lipinski definition) is 1. The summed E-state index contributed by atoms with van der Waals surface area (Å²) in [7, 11) is 2.27. The highest BCUT2D eigenvalue weighted by atomic mass is 19.4. The molecule has 1 N–H and O–H groups in total. The average Bonchev–Trinajstić information content (AvgIpc) is 2.43. The second kappa shape index (κ2) is 6.26. The third-order valence-corrected chi connectivity index (χ3v) is 3.06. The molecule has 0 aliphatic carbocycles. The van der Waals surface area contributed by atoms with Gasteiger partial charge in [-0.15, -0.1) is 0 Å². The largest absolute Gasteiger partial charge is 0.497 e. The molecule has 10 heteroatoms. The lowest BCUT2D eigenvalue weighted by Gasteiger charge is -2.31. The van der Waals surface area contributed by atoms with Crippen molar-refractivity contribution in [2.45, 2.75) is 24.4 Å². The van der Waals surface area contributed by atoms with Crippen molar-refractivity contribution in [3.63, 3.8) is 0 Å². The zero-order chi connectivity index (χ0) is 18.1. The third kappa shape index (κ3) is 3.69. The maximum absolute atomic E-state index is 12.6. The molecule has 0 heterocycles. The van der Waals surface area contributed by atoms with E-state index in [0.29, 0.717) is 0 Å². The summed E-state index contributed by atoms with van der Waals surface area (Å²) in [6, 6.07) is 3.37. The van der Waals surface area contributed by atoms with E-state index in [1.54, 1.807) is 0 Å². The molecule has 0 saturated carbocycles. The Hall–Kier alpha value is -1.97. The van der Waals surface area contributed by atoms with Crippen LogP contribution in [-0.2, 0) is 0 Å². The summed E-state index contributed by atoms with van der Waals surface area (Å²) in [5.41, 5.74) is -5.73. The molecule has 1 rings (SSSR count). The molecular formula is C13H12F6O4. The van der Waals surface area contributed by atoms with Crippen LogP contribution in [0.2, 0.25) is 0 Å². The fourth-order valence-corrected chi connectivity index (χ4v) is 1.72. The smallest absolute Gasteiger partial charge is 0.426 e. The van der Waals surface area contributed by atoms with Gasteiger partial charge in [0.25, 0.3) is 5.60 Å². The van der Waals surface area contributed by atoms with Gasteiger partial charge in [-0.05, 0) is 18.2 Å². The van der Waals surface area contributed by atoms with Gasteiger partial charge in [-0.1, -0.05) is 0 Å². The van der Waals surface area contributed by atoms with Crippen LogP contribution in [0.3, 0.4) is 0 Å². The molecule has 0 saturated heterocycles. The summed E-state index contributed by atoms with van der Waals surface area (Å²) in [5, 5.41) is 9.06. The fraction of sp³-hybridized carbons (Fsp3) is 0.462. The van der Waals surface area contributed by atoms with Crippen LogP contribution in [0.1, 0.15) is 16.8 Å². The van der Waals surface area contributed by atoms with Gasteiger partial charge in [-0.2, -0.15) is 26.3 Å². The van der Waals surface area contributed by atoms with Crippen LogP contribution in [0.15, 0.2) is 18.2 Å². The van der Waals surface area contributed by atoms with E-state index >= 15 is 0 Å². The number of ketones is 1. The van der Waals surface area contributed by atoms with E-state index in [4.69, 9.17) is 14.6 Å². The van der Waals surface area contributed by atoms with E-state index in [2.05, 4.69) is 0 Å². The van der Waals surface area contributed by atoms with Gasteiger partial charge in [0.15, 0.2) is 5.78 Å². The van der Waals surface area contributed by atoms with Gasteiger partial charge >= 0.3 is 12.4 Å². The molecule has 4 nitrogen and oxygen atoms in total. The van der Waals surface area contributed by atoms with Crippen molar-refractivity contribution in [1.82, 2.24) is 0 Å². The Labute approximate surface area is 126 Å². The first-order valence-corrected chi connectivity index (χ1v) is 5.98. The highest BCUT2D eigenvalue weighted by molar-refractivity contribution is 5.99.